The second-order valence-electron chi connectivity index (χ2n) is 18.2. The highest BCUT2D eigenvalue weighted by Gasteiger charge is 2.52. The maximum absolute atomic E-state index is 2.54. The average Bonchev–Trinajstić information content (AvgIpc) is 3.90. The van der Waals surface area contributed by atoms with Gasteiger partial charge in [-0.2, -0.15) is 0 Å². The molecule has 0 aromatic heterocycles. The van der Waals surface area contributed by atoms with E-state index in [2.05, 4.69) is 231 Å². The Morgan fingerprint density at radius 3 is 1.86 bits per heavy atom. The molecule has 13 rings (SSSR count). The van der Waals surface area contributed by atoms with Crippen molar-refractivity contribution in [3.63, 3.8) is 0 Å². The molecule has 0 aliphatic heterocycles. The van der Waals surface area contributed by atoms with Crippen molar-refractivity contribution in [2.45, 2.75) is 37.5 Å². The smallest absolute Gasteiger partial charge is 0.0722 e. The number of anilines is 3. The van der Waals surface area contributed by atoms with Crippen LogP contribution in [0.1, 0.15) is 60.1 Å². The van der Waals surface area contributed by atoms with Gasteiger partial charge in [-0.05, 0) is 137 Å². The molecule has 298 valence electrons. The second kappa shape index (κ2) is 13.5. The van der Waals surface area contributed by atoms with Crippen LogP contribution in [0.4, 0.5) is 17.1 Å². The van der Waals surface area contributed by atoms with Gasteiger partial charge in [-0.15, -0.1) is 0 Å². The van der Waals surface area contributed by atoms with Crippen LogP contribution < -0.4 is 4.90 Å². The normalized spacial score (nSPS) is 17.0. The molecule has 0 amide bonds. The highest BCUT2D eigenvalue weighted by Crippen LogP contribution is 2.64. The van der Waals surface area contributed by atoms with Crippen molar-refractivity contribution in [3.8, 4) is 44.5 Å². The zero-order valence-electron chi connectivity index (χ0n) is 35.6. The number of hydrogen-bond acceptors (Lipinski definition) is 1. The minimum atomic E-state index is -0.399. The molecule has 1 heteroatoms. The van der Waals surface area contributed by atoms with Crippen LogP contribution in [0, 0.1) is 0 Å². The number of allylic oxidation sites excluding steroid dienone is 4. The molecular formula is C62H45N. The summed E-state index contributed by atoms with van der Waals surface area (Å²) in [5, 5.41) is 2.52. The van der Waals surface area contributed by atoms with E-state index < -0.39 is 5.41 Å². The molecule has 0 radical (unpaired) electrons. The Labute approximate surface area is 370 Å². The van der Waals surface area contributed by atoms with Gasteiger partial charge >= 0.3 is 0 Å². The third kappa shape index (κ3) is 4.99. The first-order valence-electron chi connectivity index (χ1n) is 22.5. The van der Waals surface area contributed by atoms with E-state index in [0.29, 0.717) is 0 Å². The van der Waals surface area contributed by atoms with E-state index >= 15 is 0 Å². The standard InChI is InChI=1S/C62H45N/c1-61(2)53-27-10-8-24-52(53)60-51(26-16-31-57(60)61)50-23-9-14-32-59(50)63(42-35-33-41(34-36-42)45-25-15-18-40-17-3-4-19-44(40)45)43-37-38-49-48-22-7-13-30-56(48)62(58(49)39-43)54-28-11-5-20-46(54)47-21-6-12-29-55(47)62/h3-5,7-20,22-39H,6,21H2,1-2H3. The van der Waals surface area contributed by atoms with Crippen LogP contribution in [-0.2, 0) is 10.8 Å². The fourth-order valence-electron chi connectivity index (χ4n) is 12.1. The van der Waals surface area contributed by atoms with Gasteiger partial charge in [0.1, 0.15) is 0 Å². The van der Waals surface area contributed by atoms with Crippen molar-refractivity contribution in [1.29, 1.82) is 0 Å². The van der Waals surface area contributed by atoms with Gasteiger partial charge in [0.25, 0.3) is 0 Å². The molecule has 0 bridgehead atoms. The summed E-state index contributed by atoms with van der Waals surface area (Å²) in [5.74, 6) is 0. The van der Waals surface area contributed by atoms with Crippen LogP contribution in [0.5, 0.6) is 0 Å². The van der Waals surface area contributed by atoms with Crippen molar-refractivity contribution in [2.75, 3.05) is 4.90 Å². The first-order chi connectivity index (χ1) is 31.0. The molecule has 0 saturated carbocycles. The summed E-state index contributed by atoms with van der Waals surface area (Å²) in [5.41, 5.74) is 24.4. The third-order valence-electron chi connectivity index (χ3n) is 14.8. The van der Waals surface area contributed by atoms with Crippen LogP contribution in [0.3, 0.4) is 0 Å². The Hall–Kier alpha value is -7.48. The lowest BCUT2D eigenvalue weighted by atomic mass is 9.69. The van der Waals surface area contributed by atoms with Gasteiger partial charge in [-0.1, -0.05) is 196 Å². The number of fused-ring (bicyclic) bond motifs is 13. The van der Waals surface area contributed by atoms with Crippen LogP contribution in [0.15, 0.2) is 218 Å². The van der Waals surface area contributed by atoms with Crippen LogP contribution in [0.25, 0.3) is 60.9 Å². The Morgan fingerprint density at radius 1 is 0.429 bits per heavy atom. The number of para-hydroxylation sites is 1. The van der Waals surface area contributed by atoms with Crippen molar-refractivity contribution in [2.24, 2.45) is 0 Å². The fraction of sp³-hybridized carbons (Fsp3) is 0.0968. The molecule has 63 heavy (non-hydrogen) atoms. The molecule has 4 aliphatic rings. The van der Waals surface area contributed by atoms with Crippen molar-refractivity contribution < 1.29 is 0 Å². The Bertz CT molecular complexity index is 3430. The number of rotatable bonds is 5. The molecule has 1 atom stereocenters. The summed E-state index contributed by atoms with van der Waals surface area (Å²) in [4.78, 5) is 2.53. The van der Waals surface area contributed by atoms with Crippen LogP contribution in [-0.4, -0.2) is 0 Å². The maximum Gasteiger partial charge on any atom is 0.0722 e. The lowest BCUT2D eigenvalue weighted by molar-refractivity contribution is 0.660. The number of nitrogens with zero attached hydrogens (tertiary/aromatic N) is 1. The molecule has 0 fully saturated rings. The van der Waals surface area contributed by atoms with E-state index in [4.69, 9.17) is 0 Å². The second-order valence-corrected chi connectivity index (χ2v) is 18.2. The monoisotopic (exact) mass is 803 g/mol. The topological polar surface area (TPSA) is 3.24 Å². The van der Waals surface area contributed by atoms with Gasteiger partial charge in [0.2, 0.25) is 0 Å². The van der Waals surface area contributed by atoms with Gasteiger partial charge < -0.3 is 4.90 Å². The molecule has 1 nitrogen and oxygen atoms in total. The maximum atomic E-state index is 2.54. The molecule has 9 aromatic rings. The first-order valence-corrected chi connectivity index (χ1v) is 22.5. The SMILES string of the molecule is CC1(C)c2ccccc2-c2c(-c3ccccc3N(c3ccc(-c4cccc5ccccc45)cc3)c3ccc4c(c3)C3(C5=C(CCC=C5)c5ccccc53)c3ccccc3-4)cccc21. The Balaban J connectivity index is 1.06. The van der Waals surface area contributed by atoms with E-state index in [1.165, 1.54) is 99.8 Å². The zero-order valence-corrected chi connectivity index (χ0v) is 35.6. The summed E-state index contributed by atoms with van der Waals surface area (Å²) in [6.07, 6.45) is 6.98. The molecule has 0 N–H and O–H groups in total. The van der Waals surface area contributed by atoms with Gasteiger partial charge in [0.05, 0.1) is 11.1 Å². The Morgan fingerprint density at radius 2 is 1.02 bits per heavy atom. The van der Waals surface area contributed by atoms with Crippen molar-refractivity contribution >= 4 is 33.4 Å². The van der Waals surface area contributed by atoms with E-state index in [9.17, 15) is 0 Å². The quantitative estimate of drug-likeness (QED) is 0.168. The summed E-state index contributed by atoms with van der Waals surface area (Å²) in [6.45, 7) is 4.75. The van der Waals surface area contributed by atoms with E-state index in [1.54, 1.807) is 0 Å². The highest BCUT2D eigenvalue weighted by molar-refractivity contribution is 6.01. The van der Waals surface area contributed by atoms with Gasteiger partial charge in [0, 0.05) is 22.4 Å². The summed E-state index contributed by atoms with van der Waals surface area (Å²) in [6, 6.07) is 75.3. The van der Waals surface area contributed by atoms with Gasteiger partial charge in [-0.25, -0.2) is 0 Å². The average molecular weight is 804 g/mol. The highest BCUT2D eigenvalue weighted by atomic mass is 15.1. The summed E-state index contributed by atoms with van der Waals surface area (Å²) >= 11 is 0. The third-order valence-corrected chi connectivity index (χ3v) is 14.8. The number of benzene rings is 9. The van der Waals surface area contributed by atoms with Gasteiger partial charge in [-0.3, -0.25) is 0 Å². The largest absolute Gasteiger partial charge is 0.310 e. The molecule has 1 unspecified atom stereocenters. The van der Waals surface area contributed by atoms with Crippen molar-refractivity contribution in [3.05, 3.63) is 251 Å². The molecule has 4 aliphatic carbocycles. The first kappa shape index (κ1) is 36.2. The molecule has 0 saturated heterocycles. The Kier molecular flexibility index (Phi) is 7.76. The van der Waals surface area contributed by atoms with E-state index in [1.807, 2.05) is 0 Å². The molecule has 0 heterocycles. The van der Waals surface area contributed by atoms with E-state index in [-0.39, 0.29) is 5.41 Å². The van der Waals surface area contributed by atoms with Crippen LogP contribution >= 0.6 is 0 Å². The summed E-state index contributed by atoms with van der Waals surface area (Å²) in [7, 11) is 0. The summed E-state index contributed by atoms with van der Waals surface area (Å²) < 4.78 is 0. The minimum Gasteiger partial charge on any atom is -0.310 e. The van der Waals surface area contributed by atoms with Gasteiger partial charge in [0.15, 0.2) is 0 Å². The van der Waals surface area contributed by atoms with Crippen molar-refractivity contribution in [1.82, 2.24) is 0 Å². The zero-order chi connectivity index (χ0) is 41.9. The molecule has 9 aromatic carbocycles. The lowest BCUT2D eigenvalue weighted by Gasteiger charge is -2.34. The lowest BCUT2D eigenvalue weighted by Crippen LogP contribution is -2.27. The number of hydrogen-bond donors (Lipinski definition) is 0. The van der Waals surface area contributed by atoms with Crippen LogP contribution in [0.2, 0.25) is 0 Å². The molecule has 1 spiro atoms. The predicted octanol–water partition coefficient (Wildman–Crippen LogP) is 16.4. The van der Waals surface area contributed by atoms with E-state index in [0.717, 1.165) is 29.9 Å². The minimum absolute atomic E-state index is 0.101. The molecular weight excluding hydrogens is 759 g/mol. The predicted molar refractivity (Wildman–Crippen MR) is 264 cm³/mol. The fourth-order valence-corrected chi connectivity index (χ4v) is 12.1.